The zero-order chi connectivity index (χ0) is 19.5. The SMILES string of the molecule is CC[C@@H](C)Oc1ccc(/C=C(/C#N)C(=O)NCCCc2ccccc2)cc1. The lowest BCUT2D eigenvalue weighted by molar-refractivity contribution is -0.117. The molecule has 1 atom stereocenters. The number of amides is 1. The summed E-state index contributed by atoms with van der Waals surface area (Å²) < 4.78 is 5.73. The molecule has 0 fully saturated rings. The van der Waals surface area contributed by atoms with Crippen LogP contribution in [0.3, 0.4) is 0 Å². The Balaban J connectivity index is 1.87. The number of aryl methyl sites for hydroxylation is 1. The summed E-state index contributed by atoms with van der Waals surface area (Å²) in [4.78, 5) is 12.2. The zero-order valence-corrected chi connectivity index (χ0v) is 15.9. The Kier molecular flexibility index (Phi) is 8.12. The van der Waals surface area contributed by atoms with Crippen LogP contribution in [0.4, 0.5) is 0 Å². The summed E-state index contributed by atoms with van der Waals surface area (Å²) in [6, 6.07) is 19.5. The Labute approximate surface area is 161 Å². The van der Waals surface area contributed by atoms with Crippen molar-refractivity contribution < 1.29 is 9.53 Å². The van der Waals surface area contributed by atoms with E-state index in [1.165, 1.54) is 5.56 Å². The average Bonchev–Trinajstić information content (AvgIpc) is 2.71. The maximum absolute atomic E-state index is 12.2. The lowest BCUT2D eigenvalue weighted by atomic mass is 10.1. The summed E-state index contributed by atoms with van der Waals surface area (Å²) in [6.45, 7) is 4.62. The number of carbonyl (C=O) groups is 1. The number of nitrogens with zero attached hydrogens (tertiary/aromatic N) is 1. The molecule has 1 N–H and O–H groups in total. The molecule has 0 aromatic heterocycles. The first kappa shape index (κ1) is 20.3. The van der Waals surface area contributed by atoms with E-state index in [-0.39, 0.29) is 17.6 Å². The summed E-state index contributed by atoms with van der Waals surface area (Å²) in [5.74, 6) is 0.441. The topological polar surface area (TPSA) is 62.1 Å². The van der Waals surface area contributed by atoms with Crippen molar-refractivity contribution in [3.8, 4) is 11.8 Å². The van der Waals surface area contributed by atoms with E-state index in [0.29, 0.717) is 6.54 Å². The molecule has 0 saturated carbocycles. The van der Waals surface area contributed by atoms with Gasteiger partial charge in [-0.15, -0.1) is 0 Å². The summed E-state index contributed by atoms with van der Waals surface area (Å²) in [6.07, 6.45) is 4.41. The summed E-state index contributed by atoms with van der Waals surface area (Å²) in [5.41, 5.74) is 2.13. The highest BCUT2D eigenvalue weighted by molar-refractivity contribution is 6.01. The van der Waals surface area contributed by atoms with E-state index in [4.69, 9.17) is 4.74 Å². The third-order valence-corrected chi connectivity index (χ3v) is 4.24. The molecule has 0 unspecified atom stereocenters. The molecule has 2 rings (SSSR count). The van der Waals surface area contributed by atoms with Crippen LogP contribution in [0.2, 0.25) is 0 Å². The van der Waals surface area contributed by atoms with Crippen molar-refractivity contribution in [3.05, 3.63) is 71.3 Å². The number of nitriles is 1. The van der Waals surface area contributed by atoms with Gasteiger partial charge in [0.05, 0.1) is 6.10 Å². The van der Waals surface area contributed by atoms with Gasteiger partial charge in [0.15, 0.2) is 0 Å². The Bertz CT molecular complexity index is 789. The second-order valence-electron chi connectivity index (χ2n) is 6.42. The van der Waals surface area contributed by atoms with E-state index in [2.05, 4.69) is 24.4 Å². The number of ether oxygens (including phenoxy) is 1. The second kappa shape index (κ2) is 10.8. The quantitative estimate of drug-likeness (QED) is 0.405. The van der Waals surface area contributed by atoms with Gasteiger partial charge in [0.2, 0.25) is 0 Å². The van der Waals surface area contributed by atoms with Gasteiger partial charge < -0.3 is 10.1 Å². The van der Waals surface area contributed by atoms with Crippen LogP contribution >= 0.6 is 0 Å². The minimum atomic E-state index is -0.342. The number of hydrogen-bond donors (Lipinski definition) is 1. The monoisotopic (exact) mass is 362 g/mol. The van der Waals surface area contributed by atoms with E-state index in [1.807, 2.05) is 55.5 Å². The number of carbonyl (C=O) groups excluding carboxylic acids is 1. The fraction of sp³-hybridized carbons (Fsp3) is 0.304. The molecule has 0 spiro atoms. The van der Waals surface area contributed by atoms with Crippen molar-refractivity contribution in [2.75, 3.05) is 6.54 Å². The molecule has 4 nitrogen and oxygen atoms in total. The number of nitrogens with one attached hydrogen (secondary N) is 1. The minimum absolute atomic E-state index is 0.102. The van der Waals surface area contributed by atoms with Crippen molar-refractivity contribution in [1.29, 1.82) is 5.26 Å². The van der Waals surface area contributed by atoms with Crippen molar-refractivity contribution in [3.63, 3.8) is 0 Å². The Hall–Kier alpha value is -3.06. The summed E-state index contributed by atoms with van der Waals surface area (Å²) >= 11 is 0. The van der Waals surface area contributed by atoms with Gasteiger partial charge in [-0.05, 0) is 55.5 Å². The van der Waals surface area contributed by atoms with Crippen molar-refractivity contribution in [1.82, 2.24) is 5.32 Å². The van der Waals surface area contributed by atoms with E-state index in [0.717, 1.165) is 30.6 Å². The molecule has 0 bridgehead atoms. The van der Waals surface area contributed by atoms with Gasteiger partial charge in [0.25, 0.3) is 5.91 Å². The predicted octanol–water partition coefficient (Wildman–Crippen LogP) is 4.52. The third kappa shape index (κ3) is 6.99. The third-order valence-electron chi connectivity index (χ3n) is 4.24. The van der Waals surface area contributed by atoms with Crippen LogP contribution in [0.5, 0.6) is 5.75 Å². The van der Waals surface area contributed by atoms with Gasteiger partial charge in [-0.1, -0.05) is 49.4 Å². The first-order chi connectivity index (χ1) is 13.1. The van der Waals surface area contributed by atoms with Crippen LogP contribution < -0.4 is 10.1 Å². The Morgan fingerprint density at radius 1 is 1.19 bits per heavy atom. The standard InChI is InChI=1S/C23H26N2O2/c1-3-18(2)27-22-13-11-20(12-14-22)16-21(17-24)23(26)25-15-7-10-19-8-5-4-6-9-19/h4-6,8-9,11-14,16,18H,3,7,10,15H2,1-2H3,(H,25,26)/b21-16-/t18-/m1/s1. The highest BCUT2D eigenvalue weighted by Crippen LogP contribution is 2.16. The zero-order valence-electron chi connectivity index (χ0n) is 15.9. The molecular weight excluding hydrogens is 336 g/mol. The molecule has 27 heavy (non-hydrogen) atoms. The van der Waals surface area contributed by atoms with E-state index in [9.17, 15) is 10.1 Å². The Morgan fingerprint density at radius 3 is 2.52 bits per heavy atom. The van der Waals surface area contributed by atoms with Crippen LogP contribution in [0.15, 0.2) is 60.2 Å². The molecule has 2 aromatic rings. The molecule has 2 aromatic carbocycles. The molecule has 0 saturated heterocycles. The van der Waals surface area contributed by atoms with Crippen molar-refractivity contribution >= 4 is 12.0 Å². The van der Waals surface area contributed by atoms with E-state index in [1.54, 1.807) is 6.08 Å². The van der Waals surface area contributed by atoms with Crippen molar-refractivity contribution in [2.45, 2.75) is 39.2 Å². The number of rotatable bonds is 9. The fourth-order valence-electron chi connectivity index (χ4n) is 2.51. The average molecular weight is 362 g/mol. The molecule has 0 radical (unpaired) electrons. The maximum Gasteiger partial charge on any atom is 0.261 e. The van der Waals surface area contributed by atoms with E-state index < -0.39 is 0 Å². The van der Waals surface area contributed by atoms with Gasteiger partial charge in [0.1, 0.15) is 17.4 Å². The fourth-order valence-corrected chi connectivity index (χ4v) is 2.51. The lowest BCUT2D eigenvalue weighted by Gasteiger charge is -2.12. The smallest absolute Gasteiger partial charge is 0.261 e. The van der Waals surface area contributed by atoms with Gasteiger partial charge in [-0.3, -0.25) is 4.79 Å². The maximum atomic E-state index is 12.2. The molecular formula is C23H26N2O2. The first-order valence-electron chi connectivity index (χ1n) is 9.33. The summed E-state index contributed by atoms with van der Waals surface area (Å²) in [5, 5.41) is 12.1. The second-order valence-corrected chi connectivity index (χ2v) is 6.42. The Morgan fingerprint density at radius 2 is 1.89 bits per heavy atom. The van der Waals surface area contributed by atoms with Gasteiger partial charge in [-0.25, -0.2) is 0 Å². The van der Waals surface area contributed by atoms with Crippen molar-refractivity contribution in [2.24, 2.45) is 0 Å². The minimum Gasteiger partial charge on any atom is -0.491 e. The van der Waals surface area contributed by atoms with Crippen LogP contribution in [0.1, 0.15) is 37.8 Å². The lowest BCUT2D eigenvalue weighted by Crippen LogP contribution is -2.25. The molecule has 0 aliphatic carbocycles. The van der Waals surface area contributed by atoms with Gasteiger partial charge in [-0.2, -0.15) is 5.26 Å². The number of hydrogen-bond acceptors (Lipinski definition) is 3. The molecule has 0 heterocycles. The highest BCUT2D eigenvalue weighted by atomic mass is 16.5. The van der Waals surface area contributed by atoms with Gasteiger partial charge >= 0.3 is 0 Å². The first-order valence-corrected chi connectivity index (χ1v) is 9.33. The predicted molar refractivity (Wildman–Crippen MR) is 108 cm³/mol. The molecule has 140 valence electrons. The number of benzene rings is 2. The molecule has 0 aliphatic heterocycles. The van der Waals surface area contributed by atoms with Crippen LogP contribution in [-0.4, -0.2) is 18.6 Å². The van der Waals surface area contributed by atoms with E-state index >= 15 is 0 Å². The molecule has 4 heteroatoms. The normalized spacial score (nSPS) is 12.1. The molecule has 0 aliphatic rings. The highest BCUT2D eigenvalue weighted by Gasteiger charge is 2.08. The molecule has 1 amide bonds. The van der Waals surface area contributed by atoms with Crippen LogP contribution in [0.25, 0.3) is 6.08 Å². The van der Waals surface area contributed by atoms with Crippen LogP contribution in [-0.2, 0) is 11.2 Å². The largest absolute Gasteiger partial charge is 0.491 e. The van der Waals surface area contributed by atoms with Crippen LogP contribution in [0, 0.1) is 11.3 Å². The summed E-state index contributed by atoms with van der Waals surface area (Å²) in [7, 11) is 0. The van der Waals surface area contributed by atoms with Gasteiger partial charge in [0, 0.05) is 6.54 Å².